The van der Waals surface area contributed by atoms with E-state index in [1.165, 1.54) is 231 Å². The molecule has 0 aromatic heterocycles. The molecular weight excluding hydrogens is 1320 g/mol. The van der Waals surface area contributed by atoms with Crippen molar-refractivity contribution in [3.8, 4) is 0 Å². The molecule has 82 heavy (non-hydrogen) atoms. The maximum Gasteiger partial charge on any atom is 0.00272 e. The van der Waals surface area contributed by atoms with Crippen LogP contribution in [0.15, 0.2) is 0 Å². The molecular formula is C60H120N16OP4U-6. The Labute approximate surface area is 527 Å². The zero-order chi connectivity index (χ0) is 55.4. The van der Waals surface area contributed by atoms with Crippen LogP contribution in [0.2, 0.25) is 0 Å². The summed E-state index contributed by atoms with van der Waals surface area (Å²) in [6, 6.07) is 0. The Bertz CT molecular complexity index is 1450. The van der Waals surface area contributed by atoms with Crippen LogP contribution >= 0.6 is 30.0 Å². The zero-order valence-electron chi connectivity index (χ0n) is 52.3. The molecule has 0 bridgehead atoms. The van der Waals surface area contributed by atoms with Gasteiger partial charge in [0.1, 0.15) is 0 Å². The molecule has 12 aliphatic rings. The van der Waals surface area contributed by atoms with Crippen LogP contribution < -0.4 is 0 Å². The Balaban J connectivity index is 0.000000156. The van der Waals surface area contributed by atoms with E-state index < -0.39 is 30.0 Å². The van der Waals surface area contributed by atoms with E-state index in [4.69, 9.17) is 0 Å². The van der Waals surface area contributed by atoms with E-state index in [1.807, 2.05) is 0 Å². The molecule has 0 spiro atoms. The van der Waals surface area contributed by atoms with Gasteiger partial charge in [-0.1, -0.05) is 77.0 Å². The van der Waals surface area contributed by atoms with Crippen molar-refractivity contribution in [1.29, 1.82) is 0 Å². The van der Waals surface area contributed by atoms with Crippen LogP contribution in [0.4, 0.5) is 0 Å². The van der Waals surface area contributed by atoms with Gasteiger partial charge in [0.15, 0.2) is 0 Å². The van der Waals surface area contributed by atoms with Gasteiger partial charge in [-0.2, -0.15) is 0 Å². The minimum Gasteiger partial charge on any atom is -2.00 e. The molecule has 12 heterocycles. The van der Waals surface area contributed by atoms with E-state index in [1.54, 1.807) is 0 Å². The van der Waals surface area contributed by atoms with Crippen molar-refractivity contribution in [2.75, 3.05) is 157 Å². The molecule has 0 radical (unpaired) electrons. The zero-order valence-corrected chi connectivity index (χ0v) is 60.0. The third kappa shape index (κ3) is 18.4. The van der Waals surface area contributed by atoms with Crippen LogP contribution in [-0.2, 0) is 5.48 Å². The molecule has 0 amide bonds. The SMILES string of the molecule is [N-]=P(N1CCCCC1)(N1CCCCC1)N1CCCCC1.[N-]=P(N1CCCCC1)(N1CCCCC1)N1CCCCC1.[N-]=P(N1CCCCC1)(N1CCCCC1)N1CCCCC1.[N-]=P(N1CCCCC1)(N1CCCCC1)N1CCCCC1.[O-2].[U]. The van der Waals surface area contributed by atoms with Gasteiger partial charge in [-0.05, 0) is 184 Å². The average molecular weight is 1440 g/mol. The Morgan fingerprint density at radius 3 is 0.256 bits per heavy atom. The van der Waals surface area contributed by atoms with Gasteiger partial charge in [-0.25, -0.2) is 0 Å². The Hall–Kier alpha value is 1.45. The predicted molar refractivity (Wildman–Crippen MR) is 347 cm³/mol. The summed E-state index contributed by atoms with van der Waals surface area (Å²) in [5.41, 5.74) is 0. The van der Waals surface area contributed by atoms with E-state index in [0.29, 0.717) is 0 Å². The molecule has 12 rings (SSSR count). The molecule has 12 aliphatic heterocycles. The molecule has 0 aromatic carbocycles. The molecule has 17 nitrogen and oxygen atoms in total. The monoisotopic (exact) mass is 1440 g/mol. The van der Waals surface area contributed by atoms with Gasteiger partial charge in [0.05, 0.1) is 0 Å². The fourth-order valence-electron chi connectivity index (χ4n) is 15.9. The number of piperidine rings is 12. The first-order valence-electron chi connectivity index (χ1n) is 34.8. The fraction of sp³-hybridized carbons (Fsp3) is 1.00. The number of hydrogen-bond acceptors (Lipinski definition) is 0. The van der Waals surface area contributed by atoms with Crippen LogP contribution in [0.3, 0.4) is 0 Å². The maximum absolute atomic E-state index is 11.8. The summed E-state index contributed by atoms with van der Waals surface area (Å²) in [6.07, 6.45) is 46.6. The Morgan fingerprint density at radius 2 is 0.195 bits per heavy atom. The topological polar surface area (TPSA) is 157 Å². The Kier molecular flexibility index (Phi) is 32.1. The normalized spacial score (nSPS) is 27.9. The van der Waals surface area contributed by atoms with E-state index >= 15 is 0 Å². The summed E-state index contributed by atoms with van der Waals surface area (Å²) in [7, 11) is -8.78. The maximum atomic E-state index is 11.8. The number of rotatable bonds is 12. The van der Waals surface area contributed by atoms with Crippen LogP contribution in [0, 0.1) is 31.1 Å². The van der Waals surface area contributed by atoms with Crippen LogP contribution in [0.5, 0.6) is 0 Å². The van der Waals surface area contributed by atoms with Crippen molar-refractivity contribution in [2.45, 2.75) is 231 Å². The van der Waals surface area contributed by atoms with Gasteiger partial charge in [-0.15, -0.1) is 0 Å². The number of hydrogen-bond donors (Lipinski definition) is 0. The molecule has 12 saturated heterocycles. The first-order chi connectivity index (χ1) is 39.3. The van der Waals surface area contributed by atoms with Crippen molar-refractivity contribution in [3.63, 3.8) is 0 Å². The molecule has 0 unspecified atom stereocenters. The minimum absolute atomic E-state index is 0. The smallest absolute Gasteiger partial charge is 0.00272 e. The van der Waals surface area contributed by atoms with Gasteiger partial charge >= 0.3 is 0 Å². The van der Waals surface area contributed by atoms with Gasteiger partial charge < -0.3 is 26.1 Å². The molecule has 476 valence electrons. The number of nitrogens with zero attached hydrogens (tertiary/aromatic N) is 16. The third-order valence-corrected chi connectivity index (χ3v) is 34.5. The Morgan fingerprint density at radius 1 is 0.134 bits per heavy atom. The molecule has 0 N–H and O–H groups in total. The van der Waals surface area contributed by atoms with Crippen LogP contribution in [-0.4, -0.2) is 213 Å². The van der Waals surface area contributed by atoms with Crippen molar-refractivity contribution < 1.29 is 36.6 Å². The summed E-state index contributed by atoms with van der Waals surface area (Å²) in [6.45, 7) is 26.6. The van der Waals surface area contributed by atoms with Crippen LogP contribution in [0.25, 0.3) is 20.6 Å². The predicted octanol–water partition coefficient (Wildman–Crippen LogP) is 15.7. The fourth-order valence-corrected chi connectivity index (χ4v) is 30.0. The summed E-state index contributed by atoms with van der Waals surface area (Å²) in [5.74, 6) is 0. The first kappa shape index (κ1) is 70.9. The summed E-state index contributed by atoms with van der Waals surface area (Å²) < 4.78 is 29.8. The molecule has 12 fully saturated rings. The van der Waals surface area contributed by atoms with Crippen LogP contribution in [0.1, 0.15) is 231 Å². The molecule has 0 atom stereocenters. The van der Waals surface area contributed by atoms with E-state index in [9.17, 15) is 20.6 Å². The molecule has 0 aliphatic carbocycles. The quantitative estimate of drug-likeness (QED) is 0.171. The third-order valence-electron chi connectivity index (χ3n) is 20.5. The van der Waals surface area contributed by atoms with Crippen molar-refractivity contribution >= 4 is 30.0 Å². The minimum atomic E-state index is -2.20. The summed E-state index contributed by atoms with van der Waals surface area (Å²) >= 11 is 0. The van der Waals surface area contributed by atoms with Gasteiger partial charge in [0, 0.05) is 188 Å². The molecule has 22 heteroatoms. The van der Waals surface area contributed by atoms with E-state index in [-0.39, 0.29) is 36.6 Å². The van der Waals surface area contributed by atoms with Crippen molar-refractivity contribution in [1.82, 2.24) is 56.0 Å². The van der Waals surface area contributed by atoms with E-state index in [0.717, 1.165) is 157 Å². The second-order valence-corrected chi connectivity index (χ2v) is 37.4. The van der Waals surface area contributed by atoms with Crippen molar-refractivity contribution in [3.05, 3.63) is 20.6 Å². The molecule has 0 aromatic rings. The van der Waals surface area contributed by atoms with Gasteiger partial charge in [-0.3, -0.25) is 56.0 Å². The molecule has 0 saturated carbocycles. The van der Waals surface area contributed by atoms with Crippen molar-refractivity contribution in [2.24, 2.45) is 0 Å². The first-order valence-corrected chi connectivity index (χ1v) is 41.2. The summed E-state index contributed by atoms with van der Waals surface area (Å²) in [4.78, 5) is 0. The van der Waals surface area contributed by atoms with Gasteiger partial charge in [0.2, 0.25) is 0 Å². The largest absolute Gasteiger partial charge is 2.00 e. The second kappa shape index (κ2) is 37.1. The average Bonchev–Trinajstić information content (AvgIpc) is 3.74. The van der Waals surface area contributed by atoms with E-state index in [2.05, 4.69) is 56.0 Å². The second-order valence-electron chi connectivity index (χ2n) is 26.3. The van der Waals surface area contributed by atoms with Gasteiger partial charge in [0.25, 0.3) is 0 Å². The summed E-state index contributed by atoms with van der Waals surface area (Å²) in [5, 5.41) is 47.1. The standard InChI is InChI=1S/4C15H30N4P.O.U/c4*16-20(17-10-4-1-5-11-17,18-12-6-2-7-13-18)19-14-8-3-9-15-19;;/h4*1-15H2;;/q4*-1;-2;.